The Morgan fingerprint density at radius 1 is 1.46 bits per heavy atom. The van der Waals surface area contributed by atoms with Gasteiger partial charge in [-0.3, -0.25) is 0 Å². The maximum absolute atomic E-state index is 5.46. The Morgan fingerprint density at radius 2 is 2.23 bits per heavy atom. The molecule has 1 aromatic rings. The first-order valence-electron chi connectivity index (χ1n) is 4.01. The third-order valence-corrected chi connectivity index (χ3v) is 1.36. The van der Waals surface area contributed by atoms with E-state index in [4.69, 9.17) is 15.2 Å². The Morgan fingerprint density at radius 3 is 2.85 bits per heavy atom. The molecule has 1 rings (SSSR count). The van der Waals surface area contributed by atoms with Crippen LogP contribution in [0.2, 0.25) is 0 Å². The Hall–Kier alpha value is -1.36. The van der Waals surface area contributed by atoms with Gasteiger partial charge in [0.2, 0.25) is 11.8 Å². The standard InChI is InChI=1S/C8H13N3O2/c1-3-13-7-4-6(5-12-2)10-8(9)11-7/h4H,3,5H2,1-2H3,(H2,9,10,11). The second-order valence-corrected chi connectivity index (χ2v) is 2.42. The van der Waals surface area contributed by atoms with Crippen molar-refractivity contribution >= 4 is 5.95 Å². The number of anilines is 1. The minimum absolute atomic E-state index is 0.206. The molecular weight excluding hydrogens is 170 g/mol. The molecule has 72 valence electrons. The van der Waals surface area contributed by atoms with Crippen molar-refractivity contribution in [3.8, 4) is 5.88 Å². The Balaban J connectivity index is 2.83. The summed E-state index contributed by atoms with van der Waals surface area (Å²) >= 11 is 0. The Kier molecular flexibility index (Phi) is 3.45. The molecule has 0 spiro atoms. The van der Waals surface area contributed by atoms with E-state index in [9.17, 15) is 0 Å². The molecule has 0 unspecified atom stereocenters. The summed E-state index contributed by atoms with van der Waals surface area (Å²) in [4.78, 5) is 7.86. The van der Waals surface area contributed by atoms with E-state index in [2.05, 4.69) is 9.97 Å². The highest BCUT2D eigenvalue weighted by Gasteiger charge is 2.01. The third-order valence-electron chi connectivity index (χ3n) is 1.36. The van der Waals surface area contributed by atoms with Gasteiger partial charge in [-0.15, -0.1) is 0 Å². The van der Waals surface area contributed by atoms with Gasteiger partial charge in [-0.1, -0.05) is 0 Å². The largest absolute Gasteiger partial charge is 0.478 e. The van der Waals surface area contributed by atoms with Crippen molar-refractivity contribution in [2.75, 3.05) is 19.5 Å². The van der Waals surface area contributed by atoms with Crippen LogP contribution in [0.4, 0.5) is 5.95 Å². The van der Waals surface area contributed by atoms with Gasteiger partial charge in [-0.25, -0.2) is 4.98 Å². The maximum atomic E-state index is 5.46. The monoisotopic (exact) mass is 183 g/mol. The first-order chi connectivity index (χ1) is 6.26. The number of aromatic nitrogens is 2. The predicted molar refractivity (Wildman–Crippen MR) is 48.3 cm³/mol. The molecule has 0 aliphatic rings. The fraction of sp³-hybridized carbons (Fsp3) is 0.500. The number of hydrogen-bond donors (Lipinski definition) is 1. The quantitative estimate of drug-likeness (QED) is 0.740. The highest BCUT2D eigenvalue weighted by Crippen LogP contribution is 2.10. The Labute approximate surface area is 76.9 Å². The SMILES string of the molecule is CCOc1cc(COC)nc(N)n1. The van der Waals surface area contributed by atoms with Crippen LogP contribution in [0, 0.1) is 0 Å². The molecule has 0 saturated heterocycles. The summed E-state index contributed by atoms with van der Waals surface area (Å²) in [5, 5.41) is 0. The molecule has 13 heavy (non-hydrogen) atoms. The van der Waals surface area contributed by atoms with Gasteiger partial charge in [0.05, 0.1) is 18.9 Å². The van der Waals surface area contributed by atoms with Crippen LogP contribution >= 0.6 is 0 Å². The first-order valence-corrected chi connectivity index (χ1v) is 4.01. The van der Waals surface area contributed by atoms with Gasteiger partial charge in [0.1, 0.15) is 0 Å². The van der Waals surface area contributed by atoms with E-state index in [1.54, 1.807) is 13.2 Å². The van der Waals surface area contributed by atoms with E-state index >= 15 is 0 Å². The van der Waals surface area contributed by atoms with Crippen LogP contribution in [0.15, 0.2) is 6.07 Å². The Bertz CT molecular complexity index is 254. The van der Waals surface area contributed by atoms with Gasteiger partial charge in [0.15, 0.2) is 0 Å². The molecule has 5 heteroatoms. The molecule has 0 aromatic carbocycles. The van der Waals surface area contributed by atoms with Crippen molar-refractivity contribution in [1.29, 1.82) is 0 Å². The topological polar surface area (TPSA) is 70.3 Å². The molecule has 0 bridgehead atoms. The highest BCUT2D eigenvalue weighted by molar-refractivity contribution is 5.25. The average molecular weight is 183 g/mol. The maximum Gasteiger partial charge on any atom is 0.223 e. The van der Waals surface area contributed by atoms with Crippen molar-refractivity contribution in [3.05, 3.63) is 11.8 Å². The number of nitrogens with zero attached hydrogens (tertiary/aromatic N) is 2. The van der Waals surface area contributed by atoms with Crippen molar-refractivity contribution < 1.29 is 9.47 Å². The smallest absolute Gasteiger partial charge is 0.223 e. The molecule has 0 atom stereocenters. The van der Waals surface area contributed by atoms with Crippen LogP contribution in [-0.4, -0.2) is 23.7 Å². The van der Waals surface area contributed by atoms with Gasteiger partial charge in [0.25, 0.3) is 0 Å². The van der Waals surface area contributed by atoms with E-state index < -0.39 is 0 Å². The van der Waals surface area contributed by atoms with Crippen molar-refractivity contribution in [2.24, 2.45) is 0 Å². The summed E-state index contributed by atoms with van der Waals surface area (Å²) in [7, 11) is 1.60. The van der Waals surface area contributed by atoms with Crippen LogP contribution in [0.3, 0.4) is 0 Å². The second-order valence-electron chi connectivity index (χ2n) is 2.42. The number of nitrogen functional groups attached to an aromatic ring is 1. The summed E-state index contributed by atoms with van der Waals surface area (Å²) < 4.78 is 10.1. The molecule has 1 aromatic heterocycles. The molecule has 0 amide bonds. The molecule has 0 aliphatic carbocycles. The van der Waals surface area contributed by atoms with E-state index in [-0.39, 0.29) is 5.95 Å². The molecule has 0 saturated carbocycles. The van der Waals surface area contributed by atoms with Gasteiger partial charge >= 0.3 is 0 Å². The van der Waals surface area contributed by atoms with E-state index in [0.717, 1.165) is 5.69 Å². The number of hydrogen-bond acceptors (Lipinski definition) is 5. The summed E-state index contributed by atoms with van der Waals surface area (Å²) in [6.45, 7) is 2.85. The van der Waals surface area contributed by atoms with Crippen molar-refractivity contribution in [3.63, 3.8) is 0 Å². The number of rotatable bonds is 4. The van der Waals surface area contributed by atoms with Gasteiger partial charge in [-0.05, 0) is 6.92 Å². The van der Waals surface area contributed by atoms with Gasteiger partial charge in [0, 0.05) is 13.2 Å². The summed E-state index contributed by atoms with van der Waals surface area (Å²) in [6.07, 6.45) is 0. The zero-order valence-corrected chi connectivity index (χ0v) is 7.78. The number of ether oxygens (including phenoxy) is 2. The van der Waals surface area contributed by atoms with Crippen LogP contribution in [0.5, 0.6) is 5.88 Å². The molecule has 0 radical (unpaired) electrons. The molecule has 0 aliphatic heterocycles. The normalized spacial score (nSPS) is 10.0. The van der Waals surface area contributed by atoms with Crippen molar-refractivity contribution in [2.45, 2.75) is 13.5 Å². The van der Waals surface area contributed by atoms with E-state index in [1.165, 1.54) is 0 Å². The predicted octanol–water partition coefficient (Wildman–Crippen LogP) is 0.604. The fourth-order valence-corrected chi connectivity index (χ4v) is 0.936. The third kappa shape index (κ3) is 2.87. The highest BCUT2D eigenvalue weighted by atomic mass is 16.5. The van der Waals surface area contributed by atoms with E-state index in [1.807, 2.05) is 6.92 Å². The van der Waals surface area contributed by atoms with Crippen LogP contribution in [0.25, 0.3) is 0 Å². The molecule has 2 N–H and O–H groups in total. The molecule has 0 fully saturated rings. The average Bonchev–Trinajstić information content (AvgIpc) is 2.04. The first kappa shape index (κ1) is 9.73. The second kappa shape index (κ2) is 4.61. The lowest BCUT2D eigenvalue weighted by molar-refractivity contribution is 0.181. The van der Waals surface area contributed by atoms with Crippen LogP contribution in [-0.2, 0) is 11.3 Å². The van der Waals surface area contributed by atoms with Crippen LogP contribution in [0.1, 0.15) is 12.6 Å². The van der Waals surface area contributed by atoms with E-state index in [0.29, 0.717) is 19.1 Å². The summed E-state index contributed by atoms with van der Waals surface area (Å²) in [5.41, 5.74) is 6.18. The minimum Gasteiger partial charge on any atom is -0.478 e. The minimum atomic E-state index is 0.206. The molecular formula is C8H13N3O2. The van der Waals surface area contributed by atoms with Crippen LogP contribution < -0.4 is 10.5 Å². The molecule has 1 heterocycles. The van der Waals surface area contributed by atoms with Gasteiger partial charge < -0.3 is 15.2 Å². The number of nitrogens with two attached hydrogens (primary N) is 1. The zero-order valence-electron chi connectivity index (χ0n) is 7.78. The summed E-state index contributed by atoms with van der Waals surface area (Å²) in [5.74, 6) is 0.694. The number of methoxy groups -OCH3 is 1. The molecule has 5 nitrogen and oxygen atoms in total. The van der Waals surface area contributed by atoms with Crippen molar-refractivity contribution in [1.82, 2.24) is 9.97 Å². The zero-order chi connectivity index (χ0) is 9.68. The van der Waals surface area contributed by atoms with Gasteiger partial charge in [-0.2, -0.15) is 4.98 Å². The lowest BCUT2D eigenvalue weighted by Crippen LogP contribution is -2.03. The lowest BCUT2D eigenvalue weighted by atomic mass is 10.4. The lowest BCUT2D eigenvalue weighted by Gasteiger charge is -2.04. The fourth-order valence-electron chi connectivity index (χ4n) is 0.936. The summed E-state index contributed by atoms with van der Waals surface area (Å²) in [6, 6.07) is 1.71.